The number of ether oxygens (including phenoxy) is 1. The fraction of sp³-hybridized carbons (Fsp3) is 0.273. The number of carbonyl (C=O) groups excluding carboxylic acids is 1. The minimum Gasteiger partial charge on any atom is -0.496 e. The first-order valence-electron chi connectivity index (χ1n) is 10.7. The second-order valence-corrected chi connectivity index (χ2v) is 12.0. The van der Waals surface area contributed by atoms with E-state index in [4.69, 9.17) is 4.74 Å². The van der Waals surface area contributed by atoms with Crippen LogP contribution in [0.4, 0.5) is 10.8 Å². The number of anilines is 2. The number of amides is 1. The smallest absolute Gasteiger partial charge is 0.263 e. The highest BCUT2D eigenvalue weighted by molar-refractivity contribution is 7.93. The van der Waals surface area contributed by atoms with Crippen LogP contribution in [0.25, 0.3) is 0 Å². The van der Waals surface area contributed by atoms with Gasteiger partial charge < -0.3 is 9.64 Å². The number of nitrogens with one attached hydrogen (secondary N) is 2. The first kappa shape index (κ1) is 24.9. The van der Waals surface area contributed by atoms with Crippen molar-refractivity contribution in [3.05, 3.63) is 59.6 Å². The molecule has 13 heteroatoms. The molecule has 4 rings (SSSR count). The topological polar surface area (TPSA) is 135 Å². The number of carbonyl (C=O) groups is 1. The number of likely N-dealkylation sites (tertiary alicyclic amines) is 1. The first-order valence-corrected chi connectivity index (χ1v) is 14.6. The van der Waals surface area contributed by atoms with Gasteiger partial charge in [-0.05, 0) is 61.7 Å². The van der Waals surface area contributed by atoms with E-state index < -0.39 is 20.0 Å². The minimum atomic E-state index is -4.06. The summed E-state index contributed by atoms with van der Waals surface area (Å²) in [5, 5.41) is 1.87. The predicted octanol–water partition coefficient (Wildman–Crippen LogP) is 3.38. The van der Waals surface area contributed by atoms with Gasteiger partial charge in [-0.15, -0.1) is 11.3 Å². The summed E-state index contributed by atoms with van der Waals surface area (Å²) in [6.07, 6.45) is 4.34. The Morgan fingerprint density at radius 2 is 1.60 bits per heavy atom. The van der Waals surface area contributed by atoms with Crippen molar-refractivity contribution in [2.45, 2.75) is 29.1 Å². The molecular formula is C22H24N4O6S3. The van der Waals surface area contributed by atoms with Gasteiger partial charge in [0.2, 0.25) is 0 Å². The Hall–Kier alpha value is -3.16. The third kappa shape index (κ3) is 5.74. The lowest BCUT2D eigenvalue weighted by Crippen LogP contribution is -2.35. The van der Waals surface area contributed by atoms with Gasteiger partial charge in [-0.3, -0.25) is 14.2 Å². The second-order valence-electron chi connectivity index (χ2n) is 7.79. The molecule has 3 aromatic rings. The number of rotatable bonds is 8. The van der Waals surface area contributed by atoms with E-state index in [1.807, 2.05) is 0 Å². The van der Waals surface area contributed by atoms with Crippen molar-refractivity contribution < 1.29 is 26.4 Å². The van der Waals surface area contributed by atoms with Crippen molar-refractivity contribution in [3.63, 3.8) is 0 Å². The molecule has 1 aliphatic rings. The summed E-state index contributed by atoms with van der Waals surface area (Å²) in [5.41, 5.74) is 0.338. The highest BCUT2D eigenvalue weighted by Crippen LogP contribution is 2.27. The molecule has 1 fully saturated rings. The molecule has 0 saturated carbocycles. The van der Waals surface area contributed by atoms with Gasteiger partial charge in [0.25, 0.3) is 26.0 Å². The molecule has 0 radical (unpaired) electrons. The van der Waals surface area contributed by atoms with Crippen LogP contribution in [0, 0.1) is 0 Å². The van der Waals surface area contributed by atoms with E-state index in [-0.39, 0.29) is 32.1 Å². The molecule has 0 spiro atoms. The maximum absolute atomic E-state index is 13.0. The largest absolute Gasteiger partial charge is 0.496 e. The molecule has 1 saturated heterocycles. The molecule has 0 unspecified atom stereocenters. The monoisotopic (exact) mass is 536 g/mol. The van der Waals surface area contributed by atoms with Gasteiger partial charge >= 0.3 is 0 Å². The number of hydrogen-bond donors (Lipinski definition) is 2. The average Bonchev–Trinajstić information content (AvgIpc) is 3.36. The van der Waals surface area contributed by atoms with Crippen LogP contribution in [0.1, 0.15) is 29.6 Å². The SMILES string of the molecule is COc1ccc(S(=O)(=O)Nc2ccc(S(=O)(=O)Nc3nccs3)cc2)cc1C(=O)N1CCCCC1. The van der Waals surface area contributed by atoms with Crippen LogP contribution >= 0.6 is 11.3 Å². The summed E-state index contributed by atoms with van der Waals surface area (Å²) in [6.45, 7) is 1.23. The molecule has 1 aliphatic heterocycles. The van der Waals surface area contributed by atoms with Gasteiger partial charge in [0, 0.05) is 30.4 Å². The lowest BCUT2D eigenvalue weighted by atomic mass is 10.1. The Morgan fingerprint density at radius 3 is 2.23 bits per heavy atom. The van der Waals surface area contributed by atoms with E-state index in [9.17, 15) is 21.6 Å². The van der Waals surface area contributed by atoms with Gasteiger partial charge in [-0.2, -0.15) is 0 Å². The Morgan fingerprint density at radius 1 is 0.943 bits per heavy atom. The number of sulfonamides is 2. The van der Waals surface area contributed by atoms with Crippen LogP contribution < -0.4 is 14.2 Å². The molecule has 35 heavy (non-hydrogen) atoms. The summed E-state index contributed by atoms with van der Waals surface area (Å²) in [6, 6.07) is 9.36. The molecule has 2 N–H and O–H groups in total. The molecule has 2 heterocycles. The van der Waals surface area contributed by atoms with Crippen molar-refractivity contribution in [1.82, 2.24) is 9.88 Å². The van der Waals surface area contributed by atoms with Crippen LogP contribution in [0.2, 0.25) is 0 Å². The number of thiazole rings is 1. The maximum atomic E-state index is 13.0. The lowest BCUT2D eigenvalue weighted by Gasteiger charge is -2.27. The highest BCUT2D eigenvalue weighted by atomic mass is 32.2. The van der Waals surface area contributed by atoms with Crippen molar-refractivity contribution >= 4 is 48.1 Å². The van der Waals surface area contributed by atoms with Gasteiger partial charge in [0.1, 0.15) is 5.75 Å². The zero-order valence-corrected chi connectivity index (χ0v) is 21.2. The van der Waals surface area contributed by atoms with E-state index in [2.05, 4.69) is 14.4 Å². The molecular weight excluding hydrogens is 512 g/mol. The lowest BCUT2D eigenvalue weighted by molar-refractivity contribution is 0.0720. The Labute approximate surface area is 208 Å². The molecule has 0 bridgehead atoms. The van der Waals surface area contributed by atoms with Gasteiger partial charge in [0.15, 0.2) is 5.13 Å². The van der Waals surface area contributed by atoms with Crippen molar-refractivity contribution in [2.24, 2.45) is 0 Å². The van der Waals surface area contributed by atoms with E-state index in [1.165, 1.54) is 55.8 Å². The van der Waals surface area contributed by atoms with Crippen molar-refractivity contribution in [1.29, 1.82) is 0 Å². The predicted molar refractivity (Wildman–Crippen MR) is 133 cm³/mol. The number of benzene rings is 2. The van der Waals surface area contributed by atoms with Gasteiger partial charge in [-0.1, -0.05) is 0 Å². The van der Waals surface area contributed by atoms with E-state index >= 15 is 0 Å². The third-order valence-electron chi connectivity index (χ3n) is 5.43. The Bertz CT molecular complexity index is 1400. The van der Waals surface area contributed by atoms with Gasteiger partial charge in [0.05, 0.1) is 22.5 Å². The normalized spacial score (nSPS) is 14.4. The molecule has 1 aromatic heterocycles. The summed E-state index contributed by atoms with van der Waals surface area (Å²) in [4.78, 5) is 18.5. The summed E-state index contributed by atoms with van der Waals surface area (Å²) < 4.78 is 61.1. The minimum absolute atomic E-state index is 0.0468. The Kier molecular flexibility index (Phi) is 7.28. The van der Waals surface area contributed by atoms with E-state index in [0.29, 0.717) is 18.8 Å². The summed E-state index contributed by atoms with van der Waals surface area (Å²) >= 11 is 1.14. The quantitative estimate of drug-likeness (QED) is 0.451. The standard InChI is InChI=1S/C22H24N4O6S3/c1-32-20-10-9-18(15-19(20)21(27)26-12-3-2-4-13-26)35(30,31)24-16-5-7-17(8-6-16)34(28,29)25-22-23-11-14-33-22/h5-11,14-15,24H,2-4,12-13H2,1H3,(H,23,25). The average molecular weight is 537 g/mol. The van der Waals surface area contributed by atoms with Crippen LogP contribution in [0.3, 0.4) is 0 Å². The number of nitrogens with zero attached hydrogens (tertiary/aromatic N) is 2. The van der Waals surface area contributed by atoms with Crippen molar-refractivity contribution in [3.8, 4) is 5.75 Å². The van der Waals surface area contributed by atoms with Crippen LogP contribution in [0.5, 0.6) is 5.75 Å². The summed E-state index contributed by atoms with van der Waals surface area (Å²) in [5.74, 6) is 0.0164. The fourth-order valence-electron chi connectivity index (χ4n) is 3.65. The molecule has 2 aromatic carbocycles. The third-order valence-corrected chi connectivity index (χ3v) is 8.98. The molecule has 0 atom stereocenters. The Balaban J connectivity index is 1.54. The van der Waals surface area contributed by atoms with E-state index in [1.54, 1.807) is 10.3 Å². The zero-order valence-electron chi connectivity index (χ0n) is 18.8. The zero-order chi connectivity index (χ0) is 25.1. The highest BCUT2D eigenvalue weighted by Gasteiger charge is 2.25. The van der Waals surface area contributed by atoms with Crippen LogP contribution in [-0.2, 0) is 20.0 Å². The number of methoxy groups -OCH3 is 1. The number of piperidine rings is 1. The fourth-order valence-corrected chi connectivity index (χ4v) is 6.53. The van der Waals surface area contributed by atoms with E-state index in [0.717, 1.165) is 30.6 Å². The molecule has 0 aliphatic carbocycles. The first-order chi connectivity index (χ1) is 16.7. The molecule has 1 amide bonds. The van der Waals surface area contributed by atoms with Crippen molar-refractivity contribution in [2.75, 3.05) is 29.6 Å². The maximum Gasteiger partial charge on any atom is 0.263 e. The second kappa shape index (κ2) is 10.2. The van der Waals surface area contributed by atoms with Crippen LogP contribution in [-0.4, -0.2) is 52.8 Å². The summed E-state index contributed by atoms with van der Waals surface area (Å²) in [7, 11) is -6.50. The number of aromatic nitrogens is 1. The number of hydrogen-bond acceptors (Lipinski definition) is 8. The van der Waals surface area contributed by atoms with Crippen LogP contribution in [0.15, 0.2) is 63.8 Å². The van der Waals surface area contributed by atoms with Gasteiger partial charge in [-0.25, -0.2) is 21.8 Å². The molecule has 10 nitrogen and oxygen atoms in total. The molecule has 186 valence electrons.